The van der Waals surface area contributed by atoms with E-state index in [9.17, 15) is 0 Å². The average Bonchev–Trinajstić information content (AvgIpc) is 2.31. The molecule has 2 atom stereocenters. The predicted octanol–water partition coefficient (Wildman–Crippen LogP) is 2.25. The highest BCUT2D eigenvalue weighted by Gasteiger charge is 2.03. The molecule has 0 aliphatic rings. The van der Waals surface area contributed by atoms with E-state index in [4.69, 9.17) is 11.5 Å². The van der Waals surface area contributed by atoms with Crippen LogP contribution in [0.2, 0.25) is 0 Å². The van der Waals surface area contributed by atoms with Gasteiger partial charge in [-0.2, -0.15) is 0 Å². The highest BCUT2D eigenvalue weighted by atomic mass is 14.6. The summed E-state index contributed by atoms with van der Waals surface area (Å²) in [5, 5.41) is 0. The predicted molar refractivity (Wildman–Crippen MR) is 70.4 cm³/mol. The minimum atomic E-state index is 0.281. The number of hydrogen-bond donors (Lipinski definition) is 2. The van der Waals surface area contributed by atoms with Crippen molar-refractivity contribution >= 4 is 0 Å². The molecule has 0 amide bonds. The molecule has 0 radical (unpaired) electrons. The SMILES string of the molecule is CCC(N)Cc1ccc(CC(N)CC)cc1. The van der Waals surface area contributed by atoms with Gasteiger partial charge in [-0.15, -0.1) is 0 Å². The fraction of sp³-hybridized carbons (Fsp3) is 0.571. The van der Waals surface area contributed by atoms with Crippen LogP contribution in [0.25, 0.3) is 0 Å². The van der Waals surface area contributed by atoms with E-state index in [0.29, 0.717) is 0 Å². The molecule has 1 aromatic rings. The molecule has 0 bridgehead atoms. The van der Waals surface area contributed by atoms with Gasteiger partial charge in [-0.3, -0.25) is 0 Å². The van der Waals surface area contributed by atoms with Gasteiger partial charge in [-0.05, 0) is 36.8 Å². The number of benzene rings is 1. The van der Waals surface area contributed by atoms with E-state index in [2.05, 4.69) is 38.1 Å². The second kappa shape index (κ2) is 6.66. The van der Waals surface area contributed by atoms with Crippen LogP contribution in [0, 0.1) is 0 Å². The Kier molecular flexibility index (Phi) is 5.50. The van der Waals surface area contributed by atoms with Gasteiger partial charge in [0.2, 0.25) is 0 Å². The summed E-state index contributed by atoms with van der Waals surface area (Å²) in [6, 6.07) is 9.26. The fourth-order valence-corrected chi connectivity index (χ4v) is 1.71. The van der Waals surface area contributed by atoms with E-state index in [1.807, 2.05) is 0 Å². The number of hydrogen-bond acceptors (Lipinski definition) is 2. The van der Waals surface area contributed by atoms with Crippen LogP contribution in [0.1, 0.15) is 37.8 Å². The van der Waals surface area contributed by atoms with Gasteiger partial charge in [0.1, 0.15) is 0 Å². The Morgan fingerprint density at radius 1 is 0.812 bits per heavy atom. The molecule has 16 heavy (non-hydrogen) atoms. The average molecular weight is 220 g/mol. The van der Waals surface area contributed by atoms with Crippen molar-refractivity contribution in [2.45, 2.75) is 51.6 Å². The third kappa shape index (κ3) is 4.33. The van der Waals surface area contributed by atoms with Crippen molar-refractivity contribution in [3.8, 4) is 0 Å². The van der Waals surface area contributed by atoms with Gasteiger partial charge in [-0.1, -0.05) is 38.1 Å². The molecule has 0 spiro atoms. The van der Waals surface area contributed by atoms with Gasteiger partial charge in [0.15, 0.2) is 0 Å². The lowest BCUT2D eigenvalue weighted by Gasteiger charge is -2.11. The molecule has 2 unspecified atom stereocenters. The number of nitrogens with two attached hydrogens (primary N) is 2. The maximum absolute atomic E-state index is 5.93. The summed E-state index contributed by atoms with van der Waals surface area (Å²) < 4.78 is 0. The molecular weight excluding hydrogens is 196 g/mol. The van der Waals surface area contributed by atoms with Crippen LogP contribution in [0.15, 0.2) is 24.3 Å². The molecule has 90 valence electrons. The van der Waals surface area contributed by atoms with Crippen LogP contribution in [-0.2, 0) is 12.8 Å². The first-order chi connectivity index (χ1) is 7.65. The molecule has 2 nitrogen and oxygen atoms in total. The minimum absolute atomic E-state index is 0.281. The normalized spacial score (nSPS) is 14.8. The Bertz CT molecular complexity index is 261. The first-order valence-corrected chi connectivity index (χ1v) is 6.24. The summed E-state index contributed by atoms with van der Waals surface area (Å²) in [4.78, 5) is 0. The zero-order chi connectivity index (χ0) is 12.0. The topological polar surface area (TPSA) is 52.0 Å². The van der Waals surface area contributed by atoms with Crippen LogP contribution in [0.4, 0.5) is 0 Å². The molecule has 1 rings (SSSR count). The molecule has 4 N–H and O–H groups in total. The van der Waals surface area contributed by atoms with Gasteiger partial charge in [0.05, 0.1) is 0 Å². The summed E-state index contributed by atoms with van der Waals surface area (Å²) in [6.07, 6.45) is 4.00. The Morgan fingerprint density at radius 3 is 1.38 bits per heavy atom. The zero-order valence-electron chi connectivity index (χ0n) is 10.4. The Labute approximate surface area is 99.0 Å². The van der Waals surface area contributed by atoms with Crippen molar-refractivity contribution < 1.29 is 0 Å². The van der Waals surface area contributed by atoms with E-state index in [-0.39, 0.29) is 12.1 Å². The van der Waals surface area contributed by atoms with Gasteiger partial charge < -0.3 is 11.5 Å². The molecule has 0 aliphatic carbocycles. The smallest absolute Gasteiger partial charge is 0.00766 e. The Hall–Kier alpha value is -0.860. The molecular formula is C14H24N2. The van der Waals surface area contributed by atoms with Crippen molar-refractivity contribution in [3.63, 3.8) is 0 Å². The summed E-state index contributed by atoms with van der Waals surface area (Å²) in [7, 11) is 0. The van der Waals surface area contributed by atoms with E-state index >= 15 is 0 Å². The molecule has 0 heterocycles. The molecule has 0 aliphatic heterocycles. The first-order valence-electron chi connectivity index (χ1n) is 6.24. The summed E-state index contributed by atoms with van der Waals surface area (Å²) >= 11 is 0. The lowest BCUT2D eigenvalue weighted by molar-refractivity contribution is 0.641. The Balaban J connectivity index is 2.54. The monoisotopic (exact) mass is 220 g/mol. The molecule has 0 saturated carbocycles. The minimum Gasteiger partial charge on any atom is -0.327 e. The first kappa shape index (κ1) is 13.2. The molecule has 2 heteroatoms. The van der Waals surface area contributed by atoms with Gasteiger partial charge >= 0.3 is 0 Å². The van der Waals surface area contributed by atoms with Crippen molar-refractivity contribution in [2.75, 3.05) is 0 Å². The van der Waals surface area contributed by atoms with Crippen LogP contribution < -0.4 is 11.5 Å². The van der Waals surface area contributed by atoms with Crippen molar-refractivity contribution in [2.24, 2.45) is 11.5 Å². The second-order valence-corrected chi connectivity index (χ2v) is 4.56. The van der Waals surface area contributed by atoms with E-state index in [1.54, 1.807) is 0 Å². The van der Waals surface area contributed by atoms with Gasteiger partial charge in [0.25, 0.3) is 0 Å². The standard InChI is InChI=1S/C14H24N2/c1-3-13(15)9-11-5-7-12(8-6-11)10-14(16)4-2/h5-8,13-14H,3-4,9-10,15-16H2,1-2H3. The van der Waals surface area contributed by atoms with Crippen molar-refractivity contribution in [1.29, 1.82) is 0 Å². The number of rotatable bonds is 6. The molecule has 0 aromatic heterocycles. The van der Waals surface area contributed by atoms with Gasteiger partial charge in [0, 0.05) is 12.1 Å². The summed E-state index contributed by atoms with van der Waals surface area (Å²) in [5.41, 5.74) is 14.5. The maximum Gasteiger partial charge on any atom is 0.00766 e. The van der Waals surface area contributed by atoms with Crippen LogP contribution >= 0.6 is 0 Å². The van der Waals surface area contributed by atoms with E-state index in [1.165, 1.54) is 11.1 Å². The highest BCUT2D eigenvalue weighted by molar-refractivity contribution is 5.23. The third-order valence-electron chi connectivity index (χ3n) is 3.07. The Morgan fingerprint density at radius 2 is 1.12 bits per heavy atom. The van der Waals surface area contributed by atoms with Crippen LogP contribution in [-0.4, -0.2) is 12.1 Å². The summed E-state index contributed by atoms with van der Waals surface area (Å²) in [6.45, 7) is 4.25. The lowest BCUT2D eigenvalue weighted by Crippen LogP contribution is -2.22. The second-order valence-electron chi connectivity index (χ2n) is 4.56. The van der Waals surface area contributed by atoms with Crippen molar-refractivity contribution in [1.82, 2.24) is 0 Å². The largest absolute Gasteiger partial charge is 0.327 e. The maximum atomic E-state index is 5.93. The van der Waals surface area contributed by atoms with Crippen LogP contribution in [0.5, 0.6) is 0 Å². The van der Waals surface area contributed by atoms with E-state index in [0.717, 1.165) is 25.7 Å². The van der Waals surface area contributed by atoms with Crippen LogP contribution in [0.3, 0.4) is 0 Å². The third-order valence-corrected chi connectivity index (χ3v) is 3.07. The highest BCUT2D eigenvalue weighted by Crippen LogP contribution is 2.09. The van der Waals surface area contributed by atoms with Crippen molar-refractivity contribution in [3.05, 3.63) is 35.4 Å². The fourth-order valence-electron chi connectivity index (χ4n) is 1.71. The zero-order valence-corrected chi connectivity index (χ0v) is 10.4. The molecule has 0 saturated heterocycles. The van der Waals surface area contributed by atoms with E-state index < -0.39 is 0 Å². The lowest BCUT2D eigenvalue weighted by atomic mass is 10.00. The molecule has 1 aromatic carbocycles. The summed E-state index contributed by atoms with van der Waals surface area (Å²) in [5.74, 6) is 0. The quantitative estimate of drug-likeness (QED) is 0.772. The van der Waals surface area contributed by atoms with Gasteiger partial charge in [-0.25, -0.2) is 0 Å². The molecule has 0 fully saturated rings.